The van der Waals surface area contributed by atoms with Gasteiger partial charge in [0.1, 0.15) is 0 Å². The van der Waals surface area contributed by atoms with Crippen molar-refractivity contribution in [1.29, 1.82) is 0 Å². The van der Waals surface area contributed by atoms with E-state index in [-0.39, 0.29) is 12.0 Å². The van der Waals surface area contributed by atoms with E-state index in [2.05, 4.69) is 5.32 Å². The number of aliphatic hydroxyl groups is 1. The number of hydrogen-bond acceptors (Lipinski definition) is 3. The van der Waals surface area contributed by atoms with Crippen LogP contribution in [0.4, 0.5) is 0 Å². The first-order valence-electron chi connectivity index (χ1n) is 6.21. The van der Waals surface area contributed by atoms with Crippen molar-refractivity contribution in [3.63, 3.8) is 0 Å². The van der Waals surface area contributed by atoms with Crippen molar-refractivity contribution in [1.82, 2.24) is 5.32 Å². The van der Waals surface area contributed by atoms with Crippen LogP contribution in [0.15, 0.2) is 24.3 Å². The first-order valence-corrected chi connectivity index (χ1v) is 7.61. The van der Waals surface area contributed by atoms with E-state index in [9.17, 15) is 9.90 Å². The smallest absolute Gasteiger partial charge is 0.251 e. The van der Waals surface area contributed by atoms with Gasteiger partial charge in [0.2, 0.25) is 0 Å². The van der Waals surface area contributed by atoms with Gasteiger partial charge in [0.05, 0.1) is 6.10 Å². The predicted molar refractivity (Wildman–Crippen MR) is 76.9 cm³/mol. The summed E-state index contributed by atoms with van der Waals surface area (Å²) in [5.74, 6) is 0.844. The third-order valence-electron chi connectivity index (χ3n) is 2.73. The maximum Gasteiger partial charge on any atom is 0.251 e. The maximum absolute atomic E-state index is 11.9. The zero-order valence-corrected chi connectivity index (χ0v) is 11.8. The molecule has 1 unspecified atom stereocenters. The van der Waals surface area contributed by atoms with Crippen molar-refractivity contribution < 1.29 is 9.90 Å². The molecule has 0 radical (unpaired) electrons. The Morgan fingerprint density at radius 3 is 2.94 bits per heavy atom. The van der Waals surface area contributed by atoms with Crippen molar-refractivity contribution in [2.24, 2.45) is 0 Å². The number of hydrogen-bond donors (Lipinski definition) is 2. The highest BCUT2D eigenvalue weighted by atomic mass is 32.2. The topological polar surface area (TPSA) is 49.3 Å². The molecule has 0 saturated carbocycles. The minimum atomic E-state index is -0.326. The van der Waals surface area contributed by atoms with Crippen molar-refractivity contribution in [3.05, 3.63) is 35.4 Å². The Kier molecular flexibility index (Phi) is 6.83. The monoisotopic (exact) mass is 267 g/mol. The van der Waals surface area contributed by atoms with E-state index in [4.69, 9.17) is 0 Å². The Morgan fingerprint density at radius 1 is 1.50 bits per heavy atom. The van der Waals surface area contributed by atoms with Crippen molar-refractivity contribution >= 4 is 17.7 Å². The Morgan fingerprint density at radius 2 is 2.28 bits per heavy atom. The number of benzene rings is 1. The van der Waals surface area contributed by atoms with Crippen LogP contribution in [0.1, 0.15) is 35.7 Å². The molecule has 1 atom stereocenters. The molecule has 2 N–H and O–H groups in total. The van der Waals surface area contributed by atoms with Crippen LogP contribution in [0.25, 0.3) is 0 Å². The quantitative estimate of drug-likeness (QED) is 0.798. The molecule has 1 amide bonds. The van der Waals surface area contributed by atoms with Gasteiger partial charge in [0, 0.05) is 17.9 Å². The SMILES string of the molecule is CCC(O)CCNC(=O)c1cccc(CSC)c1. The molecule has 1 rings (SSSR count). The van der Waals surface area contributed by atoms with Gasteiger partial charge in [-0.25, -0.2) is 0 Å². The summed E-state index contributed by atoms with van der Waals surface area (Å²) in [6.07, 6.45) is 3.04. The van der Waals surface area contributed by atoms with Crippen LogP contribution in [0.2, 0.25) is 0 Å². The van der Waals surface area contributed by atoms with Gasteiger partial charge in [0.15, 0.2) is 0 Å². The fourth-order valence-electron chi connectivity index (χ4n) is 1.63. The van der Waals surface area contributed by atoms with E-state index >= 15 is 0 Å². The van der Waals surface area contributed by atoms with E-state index in [0.717, 1.165) is 17.7 Å². The molecule has 0 saturated heterocycles. The number of carbonyl (C=O) groups is 1. The molecule has 0 fully saturated rings. The fraction of sp³-hybridized carbons (Fsp3) is 0.500. The largest absolute Gasteiger partial charge is 0.393 e. The van der Waals surface area contributed by atoms with Gasteiger partial charge in [-0.1, -0.05) is 19.1 Å². The van der Waals surface area contributed by atoms with Gasteiger partial charge >= 0.3 is 0 Å². The summed E-state index contributed by atoms with van der Waals surface area (Å²) in [6.45, 7) is 2.44. The van der Waals surface area contributed by atoms with Crippen LogP contribution in [0.3, 0.4) is 0 Å². The number of nitrogens with one attached hydrogen (secondary N) is 1. The van der Waals surface area contributed by atoms with Crippen LogP contribution >= 0.6 is 11.8 Å². The molecule has 0 aliphatic heterocycles. The van der Waals surface area contributed by atoms with Gasteiger partial charge in [-0.15, -0.1) is 0 Å². The van der Waals surface area contributed by atoms with Gasteiger partial charge in [-0.2, -0.15) is 11.8 Å². The van der Waals surface area contributed by atoms with Gasteiger partial charge in [-0.05, 0) is 36.8 Å². The molecule has 1 aromatic rings. The molecular weight excluding hydrogens is 246 g/mol. The molecular formula is C14H21NO2S. The van der Waals surface area contributed by atoms with Crippen molar-refractivity contribution in [2.45, 2.75) is 31.6 Å². The molecule has 0 heterocycles. The molecule has 0 bridgehead atoms. The maximum atomic E-state index is 11.9. The highest BCUT2D eigenvalue weighted by Gasteiger charge is 2.07. The van der Waals surface area contributed by atoms with Crippen LogP contribution in [-0.2, 0) is 5.75 Å². The average Bonchev–Trinajstić information content (AvgIpc) is 2.39. The first-order chi connectivity index (χ1) is 8.67. The summed E-state index contributed by atoms with van der Waals surface area (Å²) < 4.78 is 0. The number of aliphatic hydroxyl groups excluding tert-OH is 1. The highest BCUT2D eigenvalue weighted by Crippen LogP contribution is 2.11. The minimum Gasteiger partial charge on any atom is -0.393 e. The summed E-state index contributed by atoms with van der Waals surface area (Å²) >= 11 is 1.74. The lowest BCUT2D eigenvalue weighted by Crippen LogP contribution is -2.27. The van der Waals surface area contributed by atoms with E-state index in [1.165, 1.54) is 0 Å². The normalized spacial score (nSPS) is 12.2. The second-order valence-corrected chi connectivity index (χ2v) is 5.11. The summed E-state index contributed by atoms with van der Waals surface area (Å²) in [6, 6.07) is 7.66. The standard InChI is InChI=1S/C14H21NO2S/c1-3-13(16)7-8-15-14(17)12-6-4-5-11(9-12)10-18-2/h4-6,9,13,16H,3,7-8,10H2,1-2H3,(H,15,17). The van der Waals surface area contributed by atoms with Gasteiger partial charge in [-0.3, -0.25) is 4.79 Å². The summed E-state index contributed by atoms with van der Waals surface area (Å²) in [7, 11) is 0. The molecule has 0 aliphatic carbocycles. The average molecular weight is 267 g/mol. The number of carbonyl (C=O) groups excluding carboxylic acids is 1. The third kappa shape index (κ3) is 5.10. The van der Waals surface area contributed by atoms with E-state index < -0.39 is 0 Å². The summed E-state index contributed by atoms with van der Waals surface area (Å²) in [4.78, 5) is 11.9. The lowest BCUT2D eigenvalue weighted by atomic mass is 10.1. The molecule has 4 heteroatoms. The first kappa shape index (κ1) is 15.1. The Bertz CT molecular complexity index is 382. The van der Waals surface area contributed by atoms with Gasteiger partial charge < -0.3 is 10.4 Å². The minimum absolute atomic E-state index is 0.0683. The second-order valence-electron chi connectivity index (χ2n) is 4.24. The zero-order chi connectivity index (χ0) is 13.4. The molecule has 0 spiro atoms. The lowest BCUT2D eigenvalue weighted by Gasteiger charge is -2.09. The van der Waals surface area contributed by atoms with Gasteiger partial charge in [0.25, 0.3) is 5.91 Å². The molecule has 100 valence electrons. The fourth-order valence-corrected chi connectivity index (χ4v) is 2.14. The Balaban J connectivity index is 2.48. The molecule has 1 aromatic carbocycles. The summed E-state index contributed by atoms with van der Waals surface area (Å²) in [5.41, 5.74) is 1.84. The number of rotatable bonds is 7. The molecule has 3 nitrogen and oxygen atoms in total. The Hall–Kier alpha value is -1.00. The van der Waals surface area contributed by atoms with Crippen molar-refractivity contribution in [3.8, 4) is 0 Å². The number of amides is 1. The van der Waals surface area contributed by atoms with Crippen LogP contribution in [-0.4, -0.2) is 29.9 Å². The number of thioether (sulfide) groups is 1. The van der Waals surface area contributed by atoms with Crippen LogP contribution < -0.4 is 5.32 Å². The lowest BCUT2D eigenvalue weighted by molar-refractivity contribution is 0.0942. The van der Waals surface area contributed by atoms with E-state index in [0.29, 0.717) is 18.5 Å². The van der Waals surface area contributed by atoms with Crippen LogP contribution in [0.5, 0.6) is 0 Å². The molecule has 0 aliphatic rings. The molecule has 0 aromatic heterocycles. The van der Waals surface area contributed by atoms with Crippen LogP contribution in [0, 0.1) is 0 Å². The third-order valence-corrected chi connectivity index (χ3v) is 3.36. The summed E-state index contributed by atoms with van der Waals surface area (Å²) in [5, 5.41) is 12.2. The highest BCUT2D eigenvalue weighted by molar-refractivity contribution is 7.97. The zero-order valence-electron chi connectivity index (χ0n) is 11.0. The van der Waals surface area contributed by atoms with E-state index in [1.807, 2.05) is 37.4 Å². The Labute approximate surface area is 113 Å². The second kappa shape index (κ2) is 8.16. The van der Waals surface area contributed by atoms with E-state index in [1.54, 1.807) is 11.8 Å². The molecule has 18 heavy (non-hydrogen) atoms. The van der Waals surface area contributed by atoms with Crippen molar-refractivity contribution in [2.75, 3.05) is 12.8 Å². The predicted octanol–water partition coefficient (Wildman–Crippen LogP) is 2.44.